The van der Waals surface area contributed by atoms with Crippen LogP contribution in [0.3, 0.4) is 0 Å². The third-order valence-electron chi connectivity index (χ3n) is 1.84. The van der Waals surface area contributed by atoms with Crippen LogP contribution >= 0.6 is 12.4 Å². The summed E-state index contributed by atoms with van der Waals surface area (Å²) < 4.78 is 2.21. The van der Waals surface area contributed by atoms with E-state index in [9.17, 15) is 0 Å². The van der Waals surface area contributed by atoms with Crippen molar-refractivity contribution in [3.05, 3.63) is 18.2 Å². The fourth-order valence-corrected chi connectivity index (χ4v) is 1.29. The Kier molecular flexibility index (Phi) is 2.91. The molecular weight excluding hydrogens is 162 g/mol. The van der Waals surface area contributed by atoms with Crippen molar-refractivity contribution in [2.45, 2.75) is 19.5 Å². The number of nitrogens with one attached hydrogen (secondary N) is 1. The maximum absolute atomic E-state index is 4.22. The van der Waals surface area contributed by atoms with Crippen molar-refractivity contribution in [3.63, 3.8) is 0 Å². The predicted molar refractivity (Wildman–Crippen MR) is 45.8 cm³/mol. The van der Waals surface area contributed by atoms with Crippen LogP contribution in [-0.4, -0.2) is 16.1 Å². The SMILES string of the molecule is Cl.c1cn2c(n1)CNCCC2. The number of halogens is 1. The van der Waals surface area contributed by atoms with Gasteiger partial charge in [0.15, 0.2) is 0 Å². The molecule has 0 amide bonds. The third-order valence-corrected chi connectivity index (χ3v) is 1.84. The Hall–Kier alpha value is -0.540. The molecule has 0 spiro atoms. The van der Waals surface area contributed by atoms with Crippen molar-refractivity contribution in [2.24, 2.45) is 0 Å². The molecule has 0 unspecified atom stereocenters. The van der Waals surface area contributed by atoms with Crippen LogP contribution in [0.4, 0.5) is 0 Å². The minimum Gasteiger partial charge on any atom is -0.334 e. The quantitative estimate of drug-likeness (QED) is 0.629. The summed E-state index contributed by atoms with van der Waals surface area (Å²) in [5.74, 6) is 1.16. The number of hydrogen-bond acceptors (Lipinski definition) is 2. The molecule has 1 aromatic rings. The zero-order valence-corrected chi connectivity index (χ0v) is 7.10. The average Bonchev–Trinajstić information content (AvgIpc) is 2.28. The van der Waals surface area contributed by atoms with Crippen LogP contribution in [0.2, 0.25) is 0 Å². The van der Waals surface area contributed by atoms with Crippen LogP contribution < -0.4 is 5.32 Å². The largest absolute Gasteiger partial charge is 0.334 e. The van der Waals surface area contributed by atoms with E-state index in [-0.39, 0.29) is 12.4 Å². The van der Waals surface area contributed by atoms with E-state index in [1.54, 1.807) is 0 Å². The Morgan fingerprint density at radius 1 is 1.55 bits per heavy atom. The van der Waals surface area contributed by atoms with Gasteiger partial charge in [0.25, 0.3) is 0 Å². The van der Waals surface area contributed by atoms with Crippen molar-refractivity contribution in [2.75, 3.05) is 6.54 Å². The van der Waals surface area contributed by atoms with Gasteiger partial charge in [-0.1, -0.05) is 0 Å². The molecule has 0 saturated carbocycles. The first kappa shape index (κ1) is 8.56. The van der Waals surface area contributed by atoms with E-state index in [4.69, 9.17) is 0 Å². The van der Waals surface area contributed by atoms with Gasteiger partial charge in [-0.25, -0.2) is 4.98 Å². The lowest BCUT2D eigenvalue weighted by Crippen LogP contribution is -2.12. The molecule has 0 fully saturated rings. The molecule has 0 bridgehead atoms. The molecule has 2 rings (SSSR count). The highest BCUT2D eigenvalue weighted by Crippen LogP contribution is 2.01. The Balaban J connectivity index is 0.000000605. The summed E-state index contributed by atoms with van der Waals surface area (Å²) in [6.45, 7) is 3.15. The van der Waals surface area contributed by atoms with Crippen LogP contribution in [0.1, 0.15) is 12.2 Å². The first-order chi connectivity index (χ1) is 4.97. The summed E-state index contributed by atoms with van der Waals surface area (Å²) in [6, 6.07) is 0. The lowest BCUT2D eigenvalue weighted by Gasteiger charge is -1.98. The topological polar surface area (TPSA) is 29.9 Å². The van der Waals surface area contributed by atoms with Gasteiger partial charge in [-0.05, 0) is 13.0 Å². The van der Waals surface area contributed by atoms with E-state index in [0.717, 1.165) is 25.5 Å². The molecule has 1 N–H and O–H groups in total. The van der Waals surface area contributed by atoms with Gasteiger partial charge in [-0.2, -0.15) is 0 Å². The summed E-state index contributed by atoms with van der Waals surface area (Å²) in [7, 11) is 0. The Morgan fingerprint density at radius 2 is 2.45 bits per heavy atom. The second-order valence-electron chi connectivity index (χ2n) is 2.57. The van der Waals surface area contributed by atoms with Crippen molar-refractivity contribution in [1.29, 1.82) is 0 Å². The van der Waals surface area contributed by atoms with E-state index in [2.05, 4.69) is 14.9 Å². The second-order valence-corrected chi connectivity index (χ2v) is 2.57. The zero-order valence-electron chi connectivity index (χ0n) is 6.29. The number of nitrogens with zero attached hydrogens (tertiary/aromatic N) is 2. The summed E-state index contributed by atoms with van der Waals surface area (Å²) in [4.78, 5) is 4.22. The molecule has 4 heteroatoms. The maximum atomic E-state index is 4.22. The van der Waals surface area contributed by atoms with Gasteiger partial charge >= 0.3 is 0 Å². The molecule has 2 heterocycles. The maximum Gasteiger partial charge on any atom is 0.122 e. The minimum absolute atomic E-state index is 0. The monoisotopic (exact) mass is 173 g/mol. The van der Waals surface area contributed by atoms with E-state index in [1.165, 1.54) is 6.42 Å². The van der Waals surface area contributed by atoms with Crippen molar-refractivity contribution >= 4 is 12.4 Å². The molecule has 11 heavy (non-hydrogen) atoms. The number of hydrogen-bond donors (Lipinski definition) is 1. The smallest absolute Gasteiger partial charge is 0.122 e. The Morgan fingerprint density at radius 3 is 3.36 bits per heavy atom. The van der Waals surface area contributed by atoms with Gasteiger partial charge in [0.05, 0.1) is 6.54 Å². The van der Waals surface area contributed by atoms with E-state index in [1.807, 2.05) is 12.4 Å². The fourth-order valence-electron chi connectivity index (χ4n) is 1.29. The first-order valence-electron chi connectivity index (χ1n) is 3.67. The molecule has 0 aliphatic carbocycles. The normalized spacial score (nSPS) is 16.4. The summed E-state index contributed by atoms with van der Waals surface area (Å²) >= 11 is 0. The standard InChI is InChI=1S/C7H11N3.ClH/c1-2-8-6-7-9-3-5-10(7)4-1;/h3,5,8H,1-2,4,6H2;1H. The molecule has 0 radical (unpaired) electrons. The number of fused-ring (bicyclic) bond motifs is 1. The molecule has 62 valence electrons. The molecule has 1 aliphatic rings. The highest BCUT2D eigenvalue weighted by Gasteiger charge is 2.04. The summed E-state index contributed by atoms with van der Waals surface area (Å²) in [5, 5.41) is 3.31. The minimum atomic E-state index is 0. The van der Waals surface area contributed by atoms with Gasteiger partial charge in [0.1, 0.15) is 5.82 Å². The zero-order chi connectivity index (χ0) is 6.81. The van der Waals surface area contributed by atoms with Gasteiger partial charge < -0.3 is 9.88 Å². The molecule has 0 saturated heterocycles. The van der Waals surface area contributed by atoms with Crippen LogP contribution in [0.15, 0.2) is 12.4 Å². The molecule has 1 aliphatic heterocycles. The molecule has 0 aromatic carbocycles. The lowest BCUT2D eigenvalue weighted by atomic mass is 10.4. The highest BCUT2D eigenvalue weighted by atomic mass is 35.5. The number of imidazole rings is 1. The summed E-state index contributed by atoms with van der Waals surface area (Å²) in [5.41, 5.74) is 0. The Labute approximate surface area is 72.2 Å². The lowest BCUT2D eigenvalue weighted by molar-refractivity contribution is 0.644. The summed E-state index contributed by atoms with van der Waals surface area (Å²) in [6.07, 6.45) is 5.12. The van der Waals surface area contributed by atoms with Gasteiger partial charge in [-0.15, -0.1) is 12.4 Å². The van der Waals surface area contributed by atoms with E-state index < -0.39 is 0 Å². The highest BCUT2D eigenvalue weighted by molar-refractivity contribution is 5.85. The van der Waals surface area contributed by atoms with E-state index in [0.29, 0.717) is 0 Å². The van der Waals surface area contributed by atoms with E-state index >= 15 is 0 Å². The average molecular weight is 174 g/mol. The van der Waals surface area contributed by atoms with Crippen LogP contribution in [0.5, 0.6) is 0 Å². The molecule has 0 atom stereocenters. The van der Waals surface area contributed by atoms with Crippen molar-refractivity contribution < 1.29 is 0 Å². The van der Waals surface area contributed by atoms with Crippen LogP contribution in [-0.2, 0) is 13.1 Å². The molecule has 1 aromatic heterocycles. The Bertz CT molecular complexity index is 201. The molecular formula is C7H12ClN3. The fraction of sp³-hybridized carbons (Fsp3) is 0.571. The molecule has 3 nitrogen and oxygen atoms in total. The number of rotatable bonds is 0. The second kappa shape index (κ2) is 3.74. The number of aromatic nitrogens is 2. The van der Waals surface area contributed by atoms with Crippen LogP contribution in [0.25, 0.3) is 0 Å². The van der Waals surface area contributed by atoms with Gasteiger partial charge in [0, 0.05) is 18.9 Å². The first-order valence-corrected chi connectivity index (χ1v) is 3.67. The van der Waals surface area contributed by atoms with Gasteiger partial charge in [0.2, 0.25) is 0 Å². The van der Waals surface area contributed by atoms with Crippen LogP contribution in [0, 0.1) is 0 Å². The predicted octanol–water partition coefficient (Wildman–Crippen LogP) is 0.798. The van der Waals surface area contributed by atoms with Crippen molar-refractivity contribution in [1.82, 2.24) is 14.9 Å². The third kappa shape index (κ3) is 1.73. The van der Waals surface area contributed by atoms with Gasteiger partial charge in [-0.3, -0.25) is 0 Å². The number of aryl methyl sites for hydroxylation is 1. The van der Waals surface area contributed by atoms with Crippen molar-refractivity contribution in [3.8, 4) is 0 Å².